The monoisotopic (exact) mass is 237 g/mol. The van der Waals surface area contributed by atoms with Crippen LogP contribution in [0.3, 0.4) is 0 Å². The maximum atomic E-state index is 5.18. The number of ether oxygens (including phenoxy) is 1. The van der Waals surface area contributed by atoms with Crippen molar-refractivity contribution in [2.45, 2.75) is 25.4 Å². The summed E-state index contributed by atoms with van der Waals surface area (Å²) in [4.78, 5) is 0. The lowest BCUT2D eigenvalue weighted by molar-refractivity contribution is 0.414. The normalized spacial score (nSPS) is 26.1. The van der Waals surface area contributed by atoms with Crippen molar-refractivity contribution in [2.75, 3.05) is 18.6 Å². The fourth-order valence-electron chi connectivity index (χ4n) is 1.96. The van der Waals surface area contributed by atoms with Crippen molar-refractivity contribution in [1.29, 1.82) is 0 Å². The molecule has 1 fully saturated rings. The van der Waals surface area contributed by atoms with Crippen LogP contribution in [-0.2, 0) is 0 Å². The minimum atomic E-state index is 0.480. The van der Waals surface area contributed by atoms with Gasteiger partial charge >= 0.3 is 0 Å². The summed E-state index contributed by atoms with van der Waals surface area (Å²) in [5, 5.41) is 3.67. The van der Waals surface area contributed by atoms with Crippen LogP contribution in [0.25, 0.3) is 0 Å². The average Bonchev–Trinajstić information content (AvgIpc) is 2.54. The predicted molar refractivity (Wildman–Crippen MR) is 70.3 cm³/mol. The molecule has 3 heteroatoms. The van der Waals surface area contributed by atoms with Gasteiger partial charge in [-0.15, -0.1) is 0 Å². The van der Waals surface area contributed by atoms with Gasteiger partial charge in [-0.1, -0.05) is 12.1 Å². The van der Waals surface area contributed by atoms with E-state index in [0.717, 1.165) is 11.5 Å². The summed E-state index contributed by atoms with van der Waals surface area (Å²) in [6.07, 6.45) is 1.26. The summed E-state index contributed by atoms with van der Waals surface area (Å²) in [6, 6.07) is 9.49. The highest BCUT2D eigenvalue weighted by molar-refractivity contribution is 7.99. The zero-order chi connectivity index (χ0) is 11.4. The Balaban J connectivity index is 2.09. The predicted octanol–water partition coefficient (Wildman–Crippen LogP) is 2.85. The number of thioether (sulfide) groups is 1. The lowest BCUT2D eigenvalue weighted by atomic mass is 10.1. The summed E-state index contributed by atoms with van der Waals surface area (Å²) in [5.74, 6) is 3.36. The van der Waals surface area contributed by atoms with E-state index >= 15 is 0 Å². The Labute approximate surface area is 102 Å². The zero-order valence-electron chi connectivity index (χ0n) is 9.90. The summed E-state index contributed by atoms with van der Waals surface area (Å²) < 4.78 is 5.18. The average molecular weight is 237 g/mol. The second-order valence-corrected chi connectivity index (χ2v) is 5.41. The first-order valence-electron chi connectivity index (χ1n) is 5.77. The van der Waals surface area contributed by atoms with E-state index in [2.05, 4.69) is 24.4 Å². The highest BCUT2D eigenvalue weighted by Crippen LogP contribution is 2.25. The fraction of sp³-hybridized carbons (Fsp3) is 0.538. The van der Waals surface area contributed by atoms with Crippen molar-refractivity contribution in [3.8, 4) is 5.75 Å². The van der Waals surface area contributed by atoms with E-state index in [4.69, 9.17) is 4.74 Å². The first-order chi connectivity index (χ1) is 7.79. The number of methoxy groups -OCH3 is 1. The molecule has 2 nitrogen and oxygen atoms in total. The smallest absolute Gasteiger partial charge is 0.118 e. The first kappa shape index (κ1) is 11.8. The fourth-order valence-corrected chi connectivity index (χ4v) is 3.18. The summed E-state index contributed by atoms with van der Waals surface area (Å²) in [7, 11) is 1.71. The van der Waals surface area contributed by atoms with E-state index in [0.29, 0.717) is 12.1 Å². The Bertz CT molecular complexity index is 325. The molecule has 0 aliphatic carbocycles. The van der Waals surface area contributed by atoms with Crippen LogP contribution in [0.2, 0.25) is 0 Å². The molecule has 2 unspecified atom stereocenters. The van der Waals surface area contributed by atoms with Crippen LogP contribution in [0.1, 0.15) is 24.9 Å². The van der Waals surface area contributed by atoms with E-state index in [1.165, 1.54) is 17.7 Å². The molecule has 2 atom stereocenters. The molecule has 1 aliphatic rings. The second-order valence-electron chi connectivity index (χ2n) is 4.26. The van der Waals surface area contributed by atoms with Gasteiger partial charge in [0.1, 0.15) is 5.75 Å². The van der Waals surface area contributed by atoms with Crippen molar-refractivity contribution in [2.24, 2.45) is 0 Å². The van der Waals surface area contributed by atoms with E-state index in [1.54, 1.807) is 7.11 Å². The number of hydrogen-bond acceptors (Lipinski definition) is 3. The lowest BCUT2D eigenvalue weighted by Gasteiger charge is -2.19. The third kappa shape index (κ3) is 2.92. The molecule has 88 valence electrons. The van der Waals surface area contributed by atoms with E-state index in [9.17, 15) is 0 Å². The van der Waals surface area contributed by atoms with Gasteiger partial charge < -0.3 is 10.1 Å². The third-order valence-corrected chi connectivity index (χ3v) is 4.08. The Morgan fingerprint density at radius 1 is 1.31 bits per heavy atom. The summed E-state index contributed by atoms with van der Waals surface area (Å²) in [5.41, 5.74) is 1.36. The van der Waals surface area contributed by atoms with Crippen molar-refractivity contribution in [3.05, 3.63) is 29.8 Å². The molecule has 1 aromatic rings. The molecule has 1 aromatic carbocycles. The van der Waals surface area contributed by atoms with Gasteiger partial charge in [-0.2, -0.15) is 11.8 Å². The molecule has 0 bridgehead atoms. The second kappa shape index (κ2) is 5.60. The Kier molecular flexibility index (Phi) is 4.13. The van der Waals surface area contributed by atoms with Gasteiger partial charge in [0, 0.05) is 17.8 Å². The van der Waals surface area contributed by atoms with Crippen LogP contribution in [0.4, 0.5) is 0 Å². The van der Waals surface area contributed by atoms with E-state index in [1.807, 2.05) is 23.9 Å². The quantitative estimate of drug-likeness (QED) is 0.854. The van der Waals surface area contributed by atoms with Crippen LogP contribution >= 0.6 is 11.8 Å². The SMILES string of the molecule is COc1ccc(C2CSCCC(C)N2)cc1. The maximum absolute atomic E-state index is 5.18. The van der Waals surface area contributed by atoms with Gasteiger partial charge in [0.2, 0.25) is 0 Å². The first-order valence-corrected chi connectivity index (χ1v) is 6.93. The van der Waals surface area contributed by atoms with Crippen LogP contribution in [0, 0.1) is 0 Å². The highest BCUT2D eigenvalue weighted by Gasteiger charge is 2.17. The minimum Gasteiger partial charge on any atom is -0.497 e. The molecular formula is C13H19NOS. The topological polar surface area (TPSA) is 21.3 Å². The van der Waals surface area contributed by atoms with Crippen molar-refractivity contribution in [3.63, 3.8) is 0 Å². The molecule has 0 spiro atoms. The molecule has 0 radical (unpaired) electrons. The summed E-state index contributed by atoms with van der Waals surface area (Å²) in [6.45, 7) is 2.27. The summed E-state index contributed by atoms with van der Waals surface area (Å²) >= 11 is 2.04. The molecular weight excluding hydrogens is 218 g/mol. The molecule has 0 saturated carbocycles. The number of rotatable bonds is 2. The van der Waals surface area contributed by atoms with E-state index in [-0.39, 0.29) is 0 Å². The van der Waals surface area contributed by atoms with Gasteiger partial charge in [-0.3, -0.25) is 0 Å². The van der Waals surface area contributed by atoms with Gasteiger partial charge in [-0.25, -0.2) is 0 Å². The zero-order valence-corrected chi connectivity index (χ0v) is 10.7. The molecule has 1 aliphatic heterocycles. The number of benzene rings is 1. The van der Waals surface area contributed by atoms with Gasteiger partial charge in [0.25, 0.3) is 0 Å². The largest absolute Gasteiger partial charge is 0.497 e. The molecule has 0 amide bonds. The van der Waals surface area contributed by atoms with Crippen LogP contribution in [0.15, 0.2) is 24.3 Å². The molecule has 2 rings (SSSR count). The van der Waals surface area contributed by atoms with Crippen LogP contribution in [-0.4, -0.2) is 24.7 Å². The van der Waals surface area contributed by atoms with Crippen LogP contribution < -0.4 is 10.1 Å². The molecule has 1 N–H and O–H groups in total. The van der Waals surface area contributed by atoms with Crippen molar-refractivity contribution < 1.29 is 4.74 Å². The molecule has 0 aromatic heterocycles. The third-order valence-electron chi connectivity index (χ3n) is 2.98. The van der Waals surface area contributed by atoms with Gasteiger partial charge in [0.15, 0.2) is 0 Å². The number of hydrogen-bond donors (Lipinski definition) is 1. The van der Waals surface area contributed by atoms with Crippen LogP contribution in [0.5, 0.6) is 5.75 Å². The highest BCUT2D eigenvalue weighted by atomic mass is 32.2. The number of nitrogens with one attached hydrogen (secondary N) is 1. The maximum Gasteiger partial charge on any atom is 0.118 e. The minimum absolute atomic E-state index is 0.480. The van der Waals surface area contributed by atoms with E-state index < -0.39 is 0 Å². The van der Waals surface area contributed by atoms with Crippen molar-refractivity contribution >= 4 is 11.8 Å². The Morgan fingerprint density at radius 3 is 2.75 bits per heavy atom. The van der Waals surface area contributed by atoms with Gasteiger partial charge in [-0.05, 0) is 36.8 Å². The molecule has 1 saturated heterocycles. The Hall–Kier alpha value is -0.670. The standard InChI is InChI=1S/C13H19NOS/c1-10-7-8-16-9-13(14-10)11-3-5-12(15-2)6-4-11/h3-6,10,13-14H,7-9H2,1-2H3. The van der Waals surface area contributed by atoms with Crippen molar-refractivity contribution in [1.82, 2.24) is 5.32 Å². The lowest BCUT2D eigenvalue weighted by Crippen LogP contribution is -2.30. The molecule has 16 heavy (non-hydrogen) atoms. The molecule has 1 heterocycles. The Morgan fingerprint density at radius 2 is 2.06 bits per heavy atom. The van der Waals surface area contributed by atoms with Gasteiger partial charge in [0.05, 0.1) is 7.11 Å².